The van der Waals surface area contributed by atoms with Crippen LogP contribution in [0.3, 0.4) is 0 Å². The zero-order valence-corrected chi connectivity index (χ0v) is 20.6. The molecule has 2 aromatic carbocycles. The summed E-state index contributed by atoms with van der Waals surface area (Å²) in [6, 6.07) is 13.4. The Morgan fingerprint density at radius 3 is 2.69 bits per heavy atom. The number of rotatable bonds is 8. The smallest absolute Gasteiger partial charge is 0.325 e. The van der Waals surface area contributed by atoms with Crippen LogP contribution in [0.5, 0.6) is 5.75 Å². The highest BCUT2D eigenvalue weighted by Gasteiger charge is 2.37. The topological polar surface area (TPSA) is 114 Å². The maximum absolute atomic E-state index is 13.5. The van der Waals surface area contributed by atoms with Crippen molar-refractivity contribution in [3.63, 3.8) is 0 Å². The third-order valence-electron chi connectivity index (χ3n) is 6.56. The lowest BCUT2D eigenvalue weighted by molar-refractivity contribution is -0.145. The van der Waals surface area contributed by atoms with Gasteiger partial charge in [0.25, 0.3) is 0 Å². The summed E-state index contributed by atoms with van der Waals surface area (Å²) in [6.45, 7) is 4.24. The number of carboxylic acids is 1. The van der Waals surface area contributed by atoms with Gasteiger partial charge in [0.05, 0.1) is 37.8 Å². The fourth-order valence-electron chi connectivity index (χ4n) is 4.40. The summed E-state index contributed by atoms with van der Waals surface area (Å²) in [5.41, 5.74) is 4.66. The molecule has 0 radical (unpaired) electrons. The molecular weight excluding hydrogens is 460 g/mol. The molecule has 2 heterocycles. The van der Waals surface area contributed by atoms with E-state index in [0.717, 1.165) is 28.1 Å². The van der Waals surface area contributed by atoms with Crippen LogP contribution >= 0.6 is 0 Å². The number of benzene rings is 2. The molecule has 1 aliphatic heterocycles. The van der Waals surface area contributed by atoms with Crippen molar-refractivity contribution in [1.82, 2.24) is 19.8 Å². The lowest BCUT2D eigenvalue weighted by atomic mass is 9.99. The number of nitrogens with one attached hydrogen (secondary N) is 1. The normalized spacial score (nSPS) is 15.6. The molecule has 9 heteroatoms. The Labute approximate surface area is 209 Å². The van der Waals surface area contributed by atoms with Crippen LogP contribution < -0.4 is 10.1 Å². The molecule has 0 saturated carbocycles. The van der Waals surface area contributed by atoms with Gasteiger partial charge >= 0.3 is 5.97 Å². The van der Waals surface area contributed by atoms with Crippen LogP contribution in [0, 0.1) is 6.92 Å². The molecule has 1 aromatic heterocycles. The van der Waals surface area contributed by atoms with E-state index in [2.05, 4.69) is 16.4 Å². The van der Waals surface area contributed by atoms with Crippen LogP contribution in [0.4, 0.5) is 0 Å². The van der Waals surface area contributed by atoms with Crippen LogP contribution in [-0.4, -0.2) is 56.5 Å². The Hall–Kier alpha value is -4.14. The van der Waals surface area contributed by atoms with E-state index < -0.39 is 24.0 Å². The molecule has 9 nitrogen and oxygen atoms in total. The molecule has 0 spiro atoms. The van der Waals surface area contributed by atoms with E-state index in [-0.39, 0.29) is 25.3 Å². The summed E-state index contributed by atoms with van der Waals surface area (Å²) in [6.07, 6.45) is 2.02. The van der Waals surface area contributed by atoms with Crippen molar-refractivity contribution in [1.29, 1.82) is 0 Å². The predicted octanol–water partition coefficient (Wildman–Crippen LogP) is 2.33. The maximum atomic E-state index is 13.5. The fraction of sp³-hybridized carbons (Fsp3) is 0.333. The van der Waals surface area contributed by atoms with E-state index >= 15 is 0 Å². The molecule has 3 aromatic rings. The minimum Gasteiger partial charge on any atom is -0.497 e. The molecule has 0 fully saturated rings. The van der Waals surface area contributed by atoms with Crippen molar-refractivity contribution in [3.8, 4) is 5.75 Å². The van der Waals surface area contributed by atoms with Crippen molar-refractivity contribution < 1.29 is 24.2 Å². The van der Waals surface area contributed by atoms with Crippen LogP contribution in [0.15, 0.2) is 54.9 Å². The largest absolute Gasteiger partial charge is 0.497 e. The molecule has 2 N–H and O–H groups in total. The summed E-state index contributed by atoms with van der Waals surface area (Å²) in [7, 11) is 1.56. The summed E-state index contributed by atoms with van der Waals surface area (Å²) in [5.74, 6) is -1.25. The highest BCUT2D eigenvalue weighted by Crippen LogP contribution is 2.26. The number of hydrogen-bond acceptors (Lipinski definition) is 5. The Morgan fingerprint density at radius 1 is 1.19 bits per heavy atom. The Balaban J connectivity index is 1.63. The average molecular weight is 491 g/mol. The highest BCUT2D eigenvalue weighted by molar-refractivity contribution is 5.91. The molecule has 2 atom stereocenters. The molecule has 1 aliphatic rings. The molecular formula is C27H30N4O5. The Kier molecular flexibility index (Phi) is 7.38. The lowest BCUT2D eigenvalue weighted by Gasteiger charge is -2.35. The van der Waals surface area contributed by atoms with Gasteiger partial charge in [-0.25, -0.2) is 4.98 Å². The minimum atomic E-state index is -1.14. The first-order valence-corrected chi connectivity index (χ1v) is 11.8. The van der Waals surface area contributed by atoms with Gasteiger partial charge in [-0.05, 0) is 42.7 Å². The van der Waals surface area contributed by atoms with E-state index in [1.807, 2.05) is 41.8 Å². The van der Waals surface area contributed by atoms with Crippen LogP contribution in [-0.2, 0) is 40.3 Å². The first-order chi connectivity index (χ1) is 17.3. The number of carbonyl (C=O) groups is 3. The van der Waals surface area contributed by atoms with Crippen molar-refractivity contribution >= 4 is 17.8 Å². The molecule has 0 aliphatic carbocycles. The number of carboxylic acid groups (broad SMARTS) is 1. The number of imidazole rings is 1. The second-order valence-electron chi connectivity index (χ2n) is 9.03. The average Bonchev–Trinajstić information content (AvgIpc) is 3.26. The van der Waals surface area contributed by atoms with Gasteiger partial charge in [0, 0.05) is 13.0 Å². The zero-order valence-electron chi connectivity index (χ0n) is 20.6. The molecule has 36 heavy (non-hydrogen) atoms. The quantitative estimate of drug-likeness (QED) is 0.501. The minimum absolute atomic E-state index is 0.0801. The van der Waals surface area contributed by atoms with Gasteiger partial charge in [-0.15, -0.1) is 0 Å². The number of aliphatic carboxylic acids is 1. The number of ether oxygens (including phenoxy) is 1. The van der Waals surface area contributed by atoms with E-state index in [0.29, 0.717) is 12.3 Å². The molecule has 0 saturated heterocycles. The van der Waals surface area contributed by atoms with Crippen LogP contribution in [0.1, 0.15) is 35.0 Å². The third kappa shape index (κ3) is 5.40. The van der Waals surface area contributed by atoms with E-state index in [4.69, 9.17) is 4.74 Å². The number of carbonyl (C=O) groups excluding carboxylic acids is 2. The van der Waals surface area contributed by atoms with Crippen molar-refractivity contribution in [2.45, 2.75) is 51.9 Å². The summed E-state index contributed by atoms with van der Waals surface area (Å²) in [4.78, 5) is 44.0. The first kappa shape index (κ1) is 25.0. The number of amides is 2. The first-order valence-electron chi connectivity index (χ1n) is 11.8. The van der Waals surface area contributed by atoms with Gasteiger partial charge in [-0.1, -0.05) is 36.4 Å². The van der Waals surface area contributed by atoms with Gasteiger partial charge in [0.15, 0.2) is 0 Å². The number of aryl methyl sites for hydroxylation is 1. The van der Waals surface area contributed by atoms with Gasteiger partial charge in [-0.3, -0.25) is 14.4 Å². The zero-order chi connectivity index (χ0) is 25.8. The number of methoxy groups -OCH3 is 1. The summed E-state index contributed by atoms with van der Waals surface area (Å²) >= 11 is 0. The SMILES string of the molecule is COc1cccc(CC(=O)N2Cc3c(ncn3Cc3ccccc3C)CC2C(=O)NC(C)C(=O)O)c1. The van der Waals surface area contributed by atoms with Crippen molar-refractivity contribution in [3.05, 3.63) is 82.9 Å². The number of hydrogen-bond donors (Lipinski definition) is 2. The predicted molar refractivity (Wildman–Crippen MR) is 132 cm³/mol. The molecule has 0 bridgehead atoms. The van der Waals surface area contributed by atoms with Gasteiger partial charge in [0.2, 0.25) is 11.8 Å². The standard InChI is InChI=1S/C27H30N4O5/c1-17-7-4-5-9-20(17)14-30-16-28-22-13-23(26(33)29-18(2)27(34)35)31(15-24(22)30)25(32)12-19-8-6-10-21(11-19)36-3/h4-11,16,18,23H,12-15H2,1-3H3,(H,29,33)(H,34,35). The second-order valence-corrected chi connectivity index (χ2v) is 9.03. The van der Waals surface area contributed by atoms with E-state index in [1.165, 1.54) is 11.8 Å². The summed E-state index contributed by atoms with van der Waals surface area (Å²) < 4.78 is 7.28. The molecule has 2 unspecified atom stereocenters. The lowest BCUT2D eigenvalue weighted by Crippen LogP contribution is -2.55. The number of nitrogens with zero attached hydrogens (tertiary/aromatic N) is 3. The maximum Gasteiger partial charge on any atom is 0.325 e. The van der Waals surface area contributed by atoms with Gasteiger partial charge < -0.3 is 24.6 Å². The van der Waals surface area contributed by atoms with E-state index in [1.54, 1.807) is 25.6 Å². The fourth-order valence-corrected chi connectivity index (χ4v) is 4.40. The van der Waals surface area contributed by atoms with Crippen LogP contribution in [0.2, 0.25) is 0 Å². The van der Waals surface area contributed by atoms with Crippen LogP contribution in [0.25, 0.3) is 0 Å². The Morgan fingerprint density at radius 2 is 1.97 bits per heavy atom. The summed E-state index contributed by atoms with van der Waals surface area (Å²) in [5, 5.41) is 11.8. The third-order valence-corrected chi connectivity index (χ3v) is 6.56. The number of aromatic nitrogens is 2. The Bertz CT molecular complexity index is 1280. The molecule has 188 valence electrons. The van der Waals surface area contributed by atoms with Gasteiger partial charge in [0.1, 0.15) is 17.8 Å². The monoisotopic (exact) mass is 490 g/mol. The van der Waals surface area contributed by atoms with Crippen molar-refractivity contribution in [2.24, 2.45) is 0 Å². The number of fused-ring (bicyclic) bond motifs is 1. The van der Waals surface area contributed by atoms with Gasteiger partial charge in [-0.2, -0.15) is 0 Å². The molecule has 4 rings (SSSR count). The van der Waals surface area contributed by atoms with E-state index in [9.17, 15) is 19.5 Å². The second kappa shape index (κ2) is 10.6. The molecule has 2 amide bonds. The van der Waals surface area contributed by atoms with Crippen molar-refractivity contribution in [2.75, 3.05) is 7.11 Å². The highest BCUT2D eigenvalue weighted by atomic mass is 16.5.